The summed E-state index contributed by atoms with van der Waals surface area (Å²) in [6.07, 6.45) is 3.11. The van der Waals surface area contributed by atoms with E-state index in [2.05, 4.69) is 32.3 Å². The van der Waals surface area contributed by atoms with Crippen molar-refractivity contribution in [2.75, 3.05) is 24.5 Å². The van der Waals surface area contributed by atoms with Gasteiger partial charge in [0.1, 0.15) is 28.8 Å². The van der Waals surface area contributed by atoms with Gasteiger partial charge in [-0.3, -0.25) is 4.57 Å². The van der Waals surface area contributed by atoms with Crippen molar-refractivity contribution in [2.45, 2.75) is 13.0 Å². The quantitative estimate of drug-likeness (QED) is 0.563. The molecule has 152 valence electrons. The molecule has 4 heterocycles. The third kappa shape index (κ3) is 3.17. The van der Waals surface area contributed by atoms with Gasteiger partial charge in [-0.2, -0.15) is 10.2 Å². The molecule has 0 saturated carbocycles. The van der Waals surface area contributed by atoms with Crippen molar-refractivity contribution in [3.8, 4) is 17.1 Å². The molecular formula is C21H19F2N7. The van der Waals surface area contributed by atoms with Gasteiger partial charge >= 0.3 is 0 Å². The van der Waals surface area contributed by atoms with E-state index < -0.39 is 11.6 Å². The molecule has 3 aromatic heterocycles. The summed E-state index contributed by atoms with van der Waals surface area (Å²) in [5, 5.41) is 11.1. The summed E-state index contributed by atoms with van der Waals surface area (Å²) in [6, 6.07) is 9.30. The Morgan fingerprint density at radius 2 is 1.97 bits per heavy atom. The molecule has 1 atom stereocenters. The molecule has 1 N–H and O–H groups in total. The van der Waals surface area contributed by atoms with Crippen molar-refractivity contribution in [3.63, 3.8) is 0 Å². The highest BCUT2D eigenvalue weighted by atomic mass is 19.1. The van der Waals surface area contributed by atoms with Crippen LogP contribution in [0, 0.1) is 11.6 Å². The van der Waals surface area contributed by atoms with E-state index in [-0.39, 0.29) is 11.6 Å². The van der Waals surface area contributed by atoms with Crippen LogP contribution in [0.15, 0.2) is 48.8 Å². The third-order valence-electron chi connectivity index (χ3n) is 5.28. The number of fused-ring (bicyclic) bond motifs is 1. The molecule has 0 radical (unpaired) electrons. The molecule has 0 amide bonds. The Morgan fingerprint density at radius 1 is 1.07 bits per heavy atom. The van der Waals surface area contributed by atoms with Crippen molar-refractivity contribution < 1.29 is 8.78 Å². The van der Waals surface area contributed by atoms with Crippen molar-refractivity contribution >= 4 is 17.0 Å². The Kier molecular flexibility index (Phi) is 4.59. The fourth-order valence-corrected chi connectivity index (χ4v) is 3.80. The minimum absolute atomic E-state index is 0.184. The van der Waals surface area contributed by atoms with E-state index in [1.54, 1.807) is 23.0 Å². The summed E-state index contributed by atoms with van der Waals surface area (Å²) < 4.78 is 29.8. The van der Waals surface area contributed by atoms with Gasteiger partial charge in [0, 0.05) is 31.7 Å². The number of anilines is 1. The highest BCUT2D eigenvalue weighted by Gasteiger charge is 2.23. The lowest BCUT2D eigenvalue weighted by molar-refractivity contribution is 0.497. The number of halogens is 2. The van der Waals surface area contributed by atoms with Crippen LogP contribution in [-0.4, -0.2) is 50.4 Å². The maximum absolute atomic E-state index is 14.6. The number of hydrogen-bond donors (Lipinski definition) is 1. The van der Waals surface area contributed by atoms with E-state index in [1.807, 2.05) is 12.1 Å². The largest absolute Gasteiger partial charge is 0.351 e. The van der Waals surface area contributed by atoms with Crippen molar-refractivity contribution in [1.82, 2.24) is 30.0 Å². The number of imidazole rings is 1. The van der Waals surface area contributed by atoms with Crippen molar-refractivity contribution in [1.29, 1.82) is 0 Å². The molecular weight excluding hydrogens is 388 g/mol. The van der Waals surface area contributed by atoms with Crippen LogP contribution >= 0.6 is 0 Å². The molecule has 5 rings (SSSR count). The molecule has 30 heavy (non-hydrogen) atoms. The molecule has 9 heteroatoms. The molecule has 1 aliphatic heterocycles. The van der Waals surface area contributed by atoms with Gasteiger partial charge in [0.15, 0.2) is 5.65 Å². The number of piperazine rings is 1. The zero-order valence-corrected chi connectivity index (χ0v) is 16.3. The highest BCUT2D eigenvalue weighted by molar-refractivity contribution is 5.81. The van der Waals surface area contributed by atoms with E-state index in [0.717, 1.165) is 31.5 Å². The molecule has 0 spiro atoms. The smallest absolute Gasteiger partial charge is 0.167 e. The van der Waals surface area contributed by atoms with Crippen LogP contribution in [0.1, 0.15) is 6.92 Å². The Balaban J connectivity index is 1.74. The summed E-state index contributed by atoms with van der Waals surface area (Å²) in [4.78, 5) is 11.7. The molecule has 1 aliphatic rings. The summed E-state index contributed by atoms with van der Waals surface area (Å²) >= 11 is 0. The van der Waals surface area contributed by atoms with Gasteiger partial charge < -0.3 is 10.2 Å². The minimum Gasteiger partial charge on any atom is -0.351 e. The topological polar surface area (TPSA) is 71.8 Å². The SMILES string of the molecule is C[C@@H]1CNCCN1c1ccc2nc(-c3ccc(F)cc3F)n(-c3ccnnc3)c2n1. The van der Waals surface area contributed by atoms with Gasteiger partial charge in [0.05, 0.1) is 23.6 Å². The second-order valence-electron chi connectivity index (χ2n) is 7.25. The van der Waals surface area contributed by atoms with Crippen LogP contribution in [0.2, 0.25) is 0 Å². The van der Waals surface area contributed by atoms with Crippen LogP contribution in [-0.2, 0) is 0 Å². The van der Waals surface area contributed by atoms with Crippen LogP contribution < -0.4 is 10.2 Å². The van der Waals surface area contributed by atoms with Gasteiger partial charge in [0.2, 0.25) is 0 Å². The van der Waals surface area contributed by atoms with E-state index in [1.165, 1.54) is 12.1 Å². The second-order valence-corrected chi connectivity index (χ2v) is 7.25. The molecule has 0 aliphatic carbocycles. The van der Waals surface area contributed by atoms with Crippen LogP contribution in [0.25, 0.3) is 28.2 Å². The average molecular weight is 407 g/mol. The molecule has 0 unspecified atom stereocenters. The average Bonchev–Trinajstić information content (AvgIpc) is 3.13. The van der Waals surface area contributed by atoms with Crippen LogP contribution in [0.5, 0.6) is 0 Å². The van der Waals surface area contributed by atoms with E-state index in [9.17, 15) is 8.78 Å². The number of hydrogen-bond acceptors (Lipinski definition) is 6. The van der Waals surface area contributed by atoms with Gasteiger partial charge in [-0.25, -0.2) is 18.7 Å². The molecule has 1 saturated heterocycles. The molecule has 7 nitrogen and oxygen atoms in total. The number of aromatic nitrogens is 5. The van der Waals surface area contributed by atoms with Gasteiger partial charge in [-0.15, -0.1) is 0 Å². The Labute approximate surface area is 171 Å². The van der Waals surface area contributed by atoms with Crippen LogP contribution in [0.3, 0.4) is 0 Å². The standard InChI is InChI=1S/C21H19F2N7/c1-13-11-24-8-9-29(13)19-5-4-18-21(28-19)30(15-6-7-25-26-12-15)20(27-18)16-3-2-14(22)10-17(16)23/h2-7,10,12-13,24H,8-9,11H2,1H3/t13-/m1/s1. The molecule has 4 aromatic rings. The summed E-state index contributed by atoms with van der Waals surface area (Å²) in [5.74, 6) is -0.179. The molecule has 0 bridgehead atoms. The third-order valence-corrected chi connectivity index (χ3v) is 5.28. The minimum atomic E-state index is -0.690. The number of nitrogens with one attached hydrogen (secondary N) is 1. The predicted octanol–water partition coefficient (Wildman–Crippen LogP) is 2.95. The van der Waals surface area contributed by atoms with Crippen molar-refractivity contribution in [2.24, 2.45) is 0 Å². The summed E-state index contributed by atoms with van der Waals surface area (Å²) in [6.45, 7) is 4.73. The number of nitrogens with zero attached hydrogens (tertiary/aromatic N) is 6. The lowest BCUT2D eigenvalue weighted by Gasteiger charge is -2.34. The first-order valence-electron chi connectivity index (χ1n) is 9.71. The summed E-state index contributed by atoms with van der Waals surface area (Å²) in [7, 11) is 0. The first kappa shape index (κ1) is 18.6. The number of pyridine rings is 1. The predicted molar refractivity (Wildman–Crippen MR) is 109 cm³/mol. The maximum atomic E-state index is 14.6. The zero-order chi connectivity index (χ0) is 20.7. The highest BCUT2D eigenvalue weighted by Crippen LogP contribution is 2.31. The second kappa shape index (κ2) is 7.42. The lowest BCUT2D eigenvalue weighted by Crippen LogP contribution is -2.50. The Morgan fingerprint density at radius 3 is 2.73 bits per heavy atom. The van der Waals surface area contributed by atoms with E-state index >= 15 is 0 Å². The first-order chi connectivity index (χ1) is 14.6. The van der Waals surface area contributed by atoms with Gasteiger partial charge in [0.25, 0.3) is 0 Å². The Hall–Kier alpha value is -3.46. The monoisotopic (exact) mass is 407 g/mol. The van der Waals surface area contributed by atoms with E-state index in [4.69, 9.17) is 4.98 Å². The number of rotatable bonds is 3. The fraction of sp³-hybridized carbons (Fsp3) is 0.238. The number of benzene rings is 1. The Bertz CT molecular complexity index is 1210. The normalized spacial score (nSPS) is 16.9. The van der Waals surface area contributed by atoms with Crippen molar-refractivity contribution in [3.05, 3.63) is 60.4 Å². The summed E-state index contributed by atoms with van der Waals surface area (Å²) in [5.41, 5.74) is 2.01. The first-order valence-corrected chi connectivity index (χ1v) is 9.71. The maximum Gasteiger partial charge on any atom is 0.167 e. The van der Waals surface area contributed by atoms with Crippen LogP contribution in [0.4, 0.5) is 14.6 Å². The van der Waals surface area contributed by atoms with E-state index in [0.29, 0.717) is 22.7 Å². The van der Waals surface area contributed by atoms with Gasteiger partial charge in [-0.1, -0.05) is 0 Å². The van der Waals surface area contributed by atoms with Gasteiger partial charge in [-0.05, 0) is 37.3 Å². The molecule has 1 fully saturated rings. The molecule has 1 aromatic carbocycles. The fourth-order valence-electron chi connectivity index (χ4n) is 3.80. The lowest BCUT2D eigenvalue weighted by atomic mass is 10.2. The zero-order valence-electron chi connectivity index (χ0n) is 16.3.